The Kier molecular flexibility index (Phi) is 7.27. The quantitative estimate of drug-likeness (QED) is 0.700. The standard InChI is InChI=1S/C20H29N3/c1-17-5-3-7-19(13-17)15-22-10-12-23(11-9-21)16-20-8-4-6-18(2)14-20/h3-8,13-14,22H,9-12,15-16,21H2,1-2H3. The van der Waals surface area contributed by atoms with Crippen LogP contribution >= 0.6 is 0 Å². The molecule has 0 aliphatic heterocycles. The molecule has 0 amide bonds. The van der Waals surface area contributed by atoms with Crippen LogP contribution in [0.15, 0.2) is 48.5 Å². The summed E-state index contributed by atoms with van der Waals surface area (Å²) in [4.78, 5) is 2.41. The smallest absolute Gasteiger partial charge is 0.0234 e. The largest absolute Gasteiger partial charge is 0.329 e. The lowest BCUT2D eigenvalue weighted by molar-refractivity contribution is 0.272. The molecule has 0 radical (unpaired) electrons. The lowest BCUT2D eigenvalue weighted by atomic mass is 10.1. The van der Waals surface area contributed by atoms with Crippen molar-refractivity contribution in [2.24, 2.45) is 5.73 Å². The van der Waals surface area contributed by atoms with E-state index >= 15 is 0 Å². The van der Waals surface area contributed by atoms with Crippen molar-refractivity contribution in [1.82, 2.24) is 10.2 Å². The Hall–Kier alpha value is -1.68. The molecular weight excluding hydrogens is 282 g/mol. The van der Waals surface area contributed by atoms with E-state index in [1.807, 2.05) is 0 Å². The molecule has 23 heavy (non-hydrogen) atoms. The molecule has 124 valence electrons. The van der Waals surface area contributed by atoms with Crippen LogP contribution in [0.5, 0.6) is 0 Å². The monoisotopic (exact) mass is 311 g/mol. The summed E-state index contributed by atoms with van der Waals surface area (Å²) >= 11 is 0. The highest BCUT2D eigenvalue weighted by Gasteiger charge is 2.05. The van der Waals surface area contributed by atoms with Crippen molar-refractivity contribution < 1.29 is 0 Å². The third-order valence-corrected chi connectivity index (χ3v) is 3.95. The van der Waals surface area contributed by atoms with E-state index in [4.69, 9.17) is 5.73 Å². The number of nitrogens with two attached hydrogens (primary N) is 1. The fourth-order valence-corrected chi connectivity index (χ4v) is 2.81. The summed E-state index contributed by atoms with van der Waals surface area (Å²) in [5.74, 6) is 0. The normalized spacial score (nSPS) is 11.1. The van der Waals surface area contributed by atoms with Gasteiger partial charge < -0.3 is 11.1 Å². The maximum Gasteiger partial charge on any atom is 0.0234 e. The molecule has 0 atom stereocenters. The Balaban J connectivity index is 1.78. The van der Waals surface area contributed by atoms with E-state index in [2.05, 4.69) is 72.6 Å². The molecule has 0 saturated heterocycles. The van der Waals surface area contributed by atoms with Crippen LogP contribution in [0.4, 0.5) is 0 Å². The van der Waals surface area contributed by atoms with Gasteiger partial charge in [-0.3, -0.25) is 4.90 Å². The molecule has 0 saturated carbocycles. The van der Waals surface area contributed by atoms with Crippen molar-refractivity contribution >= 4 is 0 Å². The number of hydrogen-bond acceptors (Lipinski definition) is 3. The lowest BCUT2D eigenvalue weighted by Crippen LogP contribution is -2.35. The fourth-order valence-electron chi connectivity index (χ4n) is 2.81. The molecule has 3 nitrogen and oxygen atoms in total. The van der Waals surface area contributed by atoms with Crippen molar-refractivity contribution in [2.45, 2.75) is 26.9 Å². The Bertz CT molecular complexity index is 595. The van der Waals surface area contributed by atoms with Gasteiger partial charge >= 0.3 is 0 Å². The number of hydrogen-bond donors (Lipinski definition) is 2. The minimum Gasteiger partial charge on any atom is -0.329 e. The first-order chi connectivity index (χ1) is 11.2. The zero-order chi connectivity index (χ0) is 16.5. The maximum atomic E-state index is 5.76. The first-order valence-corrected chi connectivity index (χ1v) is 8.41. The molecule has 0 spiro atoms. The highest BCUT2D eigenvalue weighted by Crippen LogP contribution is 2.07. The van der Waals surface area contributed by atoms with E-state index in [1.165, 1.54) is 22.3 Å². The SMILES string of the molecule is Cc1cccc(CNCCN(CCN)Cc2cccc(C)c2)c1. The summed E-state index contributed by atoms with van der Waals surface area (Å²) in [6, 6.07) is 17.4. The number of nitrogens with one attached hydrogen (secondary N) is 1. The van der Waals surface area contributed by atoms with Crippen LogP contribution in [0.3, 0.4) is 0 Å². The summed E-state index contributed by atoms with van der Waals surface area (Å²) in [6.07, 6.45) is 0. The summed E-state index contributed by atoms with van der Waals surface area (Å²) < 4.78 is 0. The average molecular weight is 311 g/mol. The van der Waals surface area contributed by atoms with Crippen molar-refractivity contribution in [3.8, 4) is 0 Å². The van der Waals surface area contributed by atoms with Crippen molar-refractivity contribution in [3.63, 3.8) is 0 Å². The van der Waals surface area contributed by atoms with Gasteiger partial charge in [-0.2, -0.15) is 0 Å². The molecule has 2 rings (SSSR count). The van der Waals surface area contributed by atoms with Gasteiger partial charge in [0.1, 0.15) is 0 Å². The predicted octanol–water partition coefficient (Wildman–Crippen LogP) is 2.85. The molecule has 2 aromatic rings. The first kappa shape index (κ1) is 17.7. The number of benzene rings is 2. The first-order valence-electron chi connectivity index (χ1n) is 8.41. The molecule has 0 unspecified atom stereocenters. The van der Waals surface area contributed by atoms with Crippen LogP contribution in [-0.2, 0) is 13.1 Å². The minimum absolute atomic E-state index is 0.698. The van der Waals surface area contributed by atoms with Gasteiger partial charge in [0, 0.05) is 39.3 Å². The summed E-state index contributed by atoms with van der Waals surface area (Å²) in [6.45, 7) is 9.77. The minimum atomic E-state index is 0.698. The Morgan fingerprint density at radius 3 is 2.22 bits per heavy atom. The van der Waals surface area contributed by atoms with Crippen LogP contribution in [0.25, 0.3) is 0 Å². The van der Waals surface area contributed by atoms with Gasteiger partial charge in [-0.25, -0.2) is 0 Å². The van der Waals surface area contributed by atoms with E-state index in [0.29, 0.717) is 6.54 Å². The van der Waals surface area contributed by atoms with Crippen molar-refractivity contribution in [3.05, 3.63) is 70.8 Å². The van der Waals surface area contributed by atoms with Gasteiger partial charge in [-0.1, -0.05) is 59.7 Å². The predicted molar refractivity (Wildman–Crippen MR) is 98.4 cm³/mol. The molecule has 3 heteroatoms. The van der Waals surface area contributed by atoms with Crippen LogP contribution < -0.4 is 11.1 Å². The van der Waals surface area contributed by atoms with Crippen LogP contribution in [0, 0.1) is 13.8 Å². The number of aryl methyl sites for hydroxylation is 2. The molecule has 0 bridgehead atoms. The molecule has 0 aromatic heterocycles. The molecule has 0 heterocycles. The van der Waals surface area contributed by atoms with Gasteiger partial charge in [0.05, 0.1) is 0 Å². The van der Waals surface area contributed by atoms with Gasteiger partial charge in [-0.15, -0.1) is 0 Å². The Labute approximate surface area is 140 Å². The van der Waals surface area contributed by atoms with Gasteiger partial charge in [0.15, 0.2) is 0 Å². The second-order valence-corrected chi connectivity index (χ2v) is 6.22. The number of rotatable bonds is 9. The van der Waals surface area contributed by atoms with Crippen molar-refractivity contribution in [1.29, 1.82) is 0 Å². The Morgan fingerprint density at radius 2 is 1.57 bits per heavy atom. The van der Waals surface area contributed by atoms with Crippen LogP contribution in [0.1, 0.15) is 22.3 Å². The third-order valence-electron chi connectivity index (χ3n) is 3.95. The van der Waals surface area contributed by atoms with E-state index in [1.54, 1.807) is 0 Å². The summed E-state index contributed by atoms with van der Waals surface area (Å²) in [7, 11) is 0. The van der Waals surface area contributed by atoms with E-state index in [9.17, 15) is 0 Å². The molecule has 0 aliphatic carbocycles. The van der Waals surface area contributed by atoms with Gasteiger partial charge in [-0.05, 0) is 25.0 Å². The zero-order valence-electron chi connectivity index (χ0n) is 14.4. The average Bonchev–Trinajstić information content (AvgIpc) is 2.52. The molecular formula is C20H29N3. The summed E-state index contributed by atoms with van der Waals surface area (Å²) in [5.41, 5.74) is 11.1. The molecule has 0 aliphatic rings. The van der Waals surface area contributed by atoms with Crippen LogP contribution in [-0.4, -0.2) is 31.1 Å². The maximum absolute atomic E-state index is 5.76. The highest BCUT2D eigenvalue weighted by atomic mass is 15.1. The van der Waals surface area contributed by atoms with E-state index in [0.717, 1.165) is 32.7 Å². The van der Waals surface area contributed by atoms with E-state index < -0.39 is 0 Å². The fraction of sp³-hybridized carbons (Fsp3) is 0.400. The molecule has 2 aromatic carbocycles. The van der Waals surface area contributed by atoms with Crippen LogP contribution in [0.2, 0.25) is 0 Å². The topological polar surface area (TPSA) is 41.3 Å². The van der Waals surface area contributed by atoms with E-state index in [-0.39, 0.29) is 0 Å². The van der Waals surface area contributed by atoms with Gasteiger partial charge in [0.2, 0.25) is 0 Å². The third kappa shape index (κ3) is 6.53. The lowest BCUT2D eigenvalue weighted by Gasteiger charge is -2.22. The molecule has 0 fully saturated rings. The zero-order valence-corrected chi connectivity index (χ0v) is 14.4. The Morgan fingerprint density at radius 1 is 0.913 bits per heavy atom. The highest BCUT2D eigenvalue weighted by molar-refractivity contribution is 5.22. The van der Waals surface area contributed by atoms with Crippen molar-refractivity contribution in [2.75, 3.05) is 26.2 Å². The second-order valence-electron chi connectivity index (χ2n) is 6.22. The summed E-state index contributed by atoms with van der Waals surface area (Å²) in [5, 5.41) is 3.53. The second kappa shape index (κ2) is 9.46. The van der Waals surface area contributed by atoms with Gasteiger partial charge in [0.25, 0.3) is 0 Å². The number of nitrogens with zero attached hydrogens (tertiary/aromatic N) is 1. The molecule has 3 N–H and O–H groups in total.